The van der Waals surface area contributed by atoms with E-state index in [0.717, 1.165) is 5.56 Å². The van der Waals surface area contributed by atoms with E-state index >= 15 is 0 Å². The van der Waals surface area contributed by atoms with Crippen LogP contribution in [0.15, 0.2) is 36.4 Å². The van der Waals surface area contributed by atoms with E-state index in [1.54, 1.807) is 32.4 Å². The highest BCUT2D eigenvalue weighted by atomic mass is 35.5. The summed E-state index contributed by atoms with van der Waals surface area (Å²) in [7, 11) is 3.19. The monoisotopic (exact) mass is 396 g/mol. The molecule has 0 aliphatic rings. The highest BCUT2D eigenvalue weighted by molar-refractivity contribution is 6.35. The smallest absolute Gasteiger partial charge is 0.319 e. The molecule has 0 fully saturated rings. The van der Waals surface area contributed by atoms with Crippen LogP contribution < -0.4 is 20.1 Å². The van der Waals surface area contributed by atoms with E-state index in [2.05, 4.69) is 10.6 Å². The number of nitrogens with one attached hydrogen (secondary N) is 2. The third-order valence-electron chi connectivity index (χ3n) is 4.03. The molecule has 2 aromatic rings. The zero-order valence-electron chi connectivity index (χ0n) is 15.2. The molecule has 2 rings (SSSR count). The van der Waals surface area contributed by atoms with Gasteiger partial charge in [0.1, 0.15) is 0 Å². The highest BCUT2D eigenvalue weighted by Crippen LogP contribution is 2.33. The van der Waals surface area contributed by atoms with Crippen LogP contribution in [0.2, 0.25) is 10.0 Å². The Hall–Kier alpha value is -2.11. The average Bonchev–Trinajstić information content (AvgIpc) is 2.62. The maximum Gasteiger partial charge on any atom is 0.319 e. The molecule has 0 aliphatic carbocycles. The predicted octanol–water partition coefficient (Wildman–Crippen LogP) is 5.11. The molecule has 0 saturated carbocycles. The lowest BCUT2D eigenvalue weighted by atomic mass is 9.84. The number of carbonyl (C=O) groups is 1. The highest BCUT2D eigenvalue weighted by Gasteiger charge is 2.23. The number of urea groups is 1. The van der Waals surface area contributed by atoms with Crippen molar-refractivity contribution in [3.63, 3.8) is 0 Å². The molecule has 26 heavy (non-hydrogen) atoms. The number of hydrogen-bond donors (Lipinski definition) is 2. The molecule has 0 unspecified atom stereocenters. The standard InChI is InChI=1S/C19H22Cl2N2O3/c1-19(2,12-5-8-16(25-3)17(9-12)26-4)11-22-18(24)23-15-10-13(20)6-7-14(15)21/h5-10H,11H2,1-4H3,(H2,22,23,24). The summed E-state index contributed by atoms with van der Waals surface area (Å²) >= 11 is 12.0. The summed E-state index contributed by atoms with van der Waals surface area (Å²) in [6, 6.07) is 10.2. The fraction of sp³-hybridized carbons (Fsp3) is 0.316. The Balaban J connectivity index is 2.05. The van der Waals surface area contributed by atoms with Gasteiger partial charge in [-0.2, -0.15) is 0 Å². The van der Waals surface area contributed by atoms with Crippen molar-refractivity contribution < 1.29 is 14.3 Å². The number of hydrogen-bond acceptors (Lipinski definition) is 3. The number of benzene rings is 2. The molecule has 2 aromatic carbocycles. The van der Waals surface area contributed by atoms with Crippen LogP contribution in [0.4, 0.5) is 10.5 Å². The van der Waals surface area contributed by atoms with E-state index in [-0.39, 0.29) is 11.4 Å². The van der Waals surface area contributed by atoms with E-state index in [4.69, 9.17) is 32.7 Å². The Morgan fingerprint density at radius 2 is 1.73 bits per heavy atom. The lowest BCUT2D eigenvalue weighted by molar-refractivity contribution is 0.249. The van der Waals surface area contributed by atoms with Gasteiger partial charge in [-0.3, -0.25) is 0 Å². The Kier molecular flexibility index (Phi) is 6.62. The third-order valence-corrected chi connectivity index (χ3v) is 4.60. The van der Waals surface area contributed by atoms with Gasteiger partial charge >= 0.3 is 6.03 Å². The molecule has 0 bridgehead atoms. The van der Waals surface area contributed by atoms with E-state index in [0.29, 0.717) is 33.8 Å². The molecule has 140 valence electrons. The zero-order chi connectivity index (χ0) is 19.3. The largest absolute Gasteiger partial charge is 0.493 e. The van der Waals surface area contributed by atoms with E-state index < -0.39 is 0 Å². The lowest BCUT2D eigenvalue weighted by Gasteiger charge is -2.26. The molecular weight excluding hydrogens is 375 g/mol. The SMILES string of the molecule is COc1ccc(C(C)(C)CNC(=O)Nc2cc(Cl)ccc2Cl)cc1OC. The van der Waals surface area contributed by atoms with Crippen LogP contribution in [0.3, 0.4) is 0 Å². The second-order valence-electron chi connectivity index (χ2n) is 6.39. The first kappa shape index (κ1) is 20.2. The van der Waals surface area contributed by atoms with Gasteiger partial charge in [-0.05, 0) is 35.9 Å². The van der Waals surface area contributed by atoms with Gasteiger partial charge in [-0.25, -0.2) is 4.79 Å². The number of methoxy groups -OCH3 is 2. The number of halogens is 2. The molecule has 0 saturated heterocycles. The molecule has 5 nitrogen and oxygen atoms in total. The molecule has 0 heterocycles. The van der Waals surface area contributed by atoms with Crippen LogP contribution in [0, 0.1) is 0 Å². The minimum atomic E-state index is -0.359. The summed E-state index contributed by atoms with van der Waals surface area (Å²) < 4.78 is 10.6. The minimum absolute atomic E-state index is 0.324. The normalized spacial score (nSPS) is 11.0. The summed E-state index contributed by atoms with van der Waals surface area (Å²) in [4.78, 5) is 12.2. The van der Waals surface area contributed by atoms with Crippen LogP contribution in [-0.2, 0) is 5.41 Å². The lowest BCUT2D eigenvalue weighted by Crippen LogP contribution is -2.39. The van der Waals surface area contributed by atoms with Crippen LogP contribution in [0.5, 0.6) is 11.5 Å². The molecule has 7 heteroatoms. The van der Waals surface area contributed by atoms with Crippen molar-refractivity contribution in [1.82, 2.24) is 5.32 Å². The van der Waals surface area contributed by atoms with Gasteiger partial charge in [0, 0.05) is 17.0 Å². The molecule has 0 atom stereocenters. The van der Waals surface area contributed by atoms with Crippen LogP contribution >= 0.6 is 23.2 Å². The second-order valence-corrected chi connectivity index (χ2v) is 7.23. The maximum atomic E-state index is 12.2. The van der Waals surface area contributed by atoms with Crippen molar-refractivity contribution in [1.29, 1.82) is 0 Å². The fourth-order valence-electron chi connectivity index (χ4n) is 2.42. The van der Waals surface area contributed by atoms with Gasteiger partial charge in [0.05, 0.1) is 24.9 Å². The van der Waals surface area contributed by atoms with E-state index in [1.807, 2.05) is 32.0 Å². The first-order valence-corrected chi connectivity index (χ1v) is 8.75. The van der Waals surface area contributed by atoms with Crippen LogP contribution in [0.1, 0.15) is 19.4 Å². The summed E-state index contributed by atoms with van der Waals surface area (Å²) in [5, 5.41) is 6.48. The fourth-order valence-corrected chi connectivity index (χ4v) is 2.76. The molecule has 0 aliphatic heterocycles. The molecule has 0 aromatic heterocycles. The number of ether oxygens (including phenoxy) is 2. The summed E-state index contributed by atoms with van der Waals surface area (Å²) in [6.45, 7) is 4.47. The van der Waals surface area contributed by atoms with E-state index in [9.17, 15) is 4.79 Å². The van der Waals surface area contributed by atoms with E-state index in [1.165, 1.54) is 0 Å². The second kappa shape index (κ2) is 8.52. The Morgan fingerprint density at radius 1 is 1.04 bits per heavy atom. The summed E-state index contributed by atoms with van der Waals surface area (Å²) in [5.41, 5.74) is 1.14. The van der Waals surface area contributed by atoms with Gasteiger partial charge in [0.15, 0.2) is 11.5 Å². The summed E-state index contributed by atoms with van der Waals surface area (Å²) in [5.74, 6) is 1.31. The number of anilines is 1. The van der Waals surface area contributed by atoms with Crippen molar-refractivity contribution >= 4 is 34.9 Å². The Labute approximate surface area is 163 Å². The molecular formula is C19H22Cl2N2O3. The Bertz CT molecular complexity index is 794. The van der Waals surface area contributed by atoms with Crippen LogP contribution in [-0.4, -0.2) is 26.8 Å². The van der Waals surface area contributed by atoms with Crippen molar-refractivity contribution in [2.24, 2.45) is 0 Å². The first-order chi connectivity index (χ1) is 12.3. The summed E-state index contributed by atoms with van der Waals surface area (Å²) in [6.07, 6.45) is 0. The minimum Gasteiger partial charge on any atom is -0.493 e. The molecule has 0 radical (unpaired) electrons. The van der Waals surface area contributed by atoms with Gasteiger partial charge in [-0.15, -0.1) is 0 Å². The van der Waals surface area contributed by atoms with Gasteiger partial charge in [-0.1, -0.05) is 43.1 Å². The van der Waals surface area contributed by atoms with Gasteiger partial charge < -0.3 is 20.1 Å². The number of carbonyl (C=O) groups excluding carboxylic acids is 1. The Morgan fingerprint density at radius 3 is 2.38 bits per heavy atom. The molecule has 2 N–H and O–H groups in total. The predicted molar refractivity (Wildman–Crippen MR) is 106 cm³/mol. The molecule has 0 spiro atoms. The topological polar surface area (TPSA) is 59.6 Å². The quantitative estimate of drug-likeness (QED) is 0.712. The maximum absolute atomic E-state index is 12.2. The first-order valence-electron chi connectivity index (χ1n) is 7.99. The third kappa shape index (κ3) is 4.96. The van der Waals surface area contributed by atoms with Gasteiger partial charge in [0.25, 0.3) is 0 Å². The van der Waals surface area contributed by atoms with Crippen LogP contribution in [0.25, 0.3) is 0 Å². The number of amides is 2. The molecule has 2 amide bonds. The van der Waals surface area contributed by atoms with Crippen molar-refractivity contribution in [3.05, 3.63) is 52.0 Å². The zero-order valence-corrected chi connectivity index (χ0v) is 16.7. The van der Waals surface area contributed by atoms with Gasteiger partial charge in [0.2, 0.25) is 0 Å². The number of rotatable bonds is 6. The van der Waals surface area contributed by atoms with Crippen molar-refractivity contribution in [2.75, 3.05) is 26.1 Å². The van der Waals surface area contributed by atoms with Crippen molar-refractivity contribution in [3.8, 4) is 11.5 Å². The van der Waals surface area contributed by atoms with Crippen molar-refractivity contribution in [2.45, 2.75) is 19.3 Å². The average molecular weight is 397 g/mol.